The number of amides is 1. The molecule has 19 heavy (non-hydrogen) atoms. The fraction of sp³-hybridized carbons (Fsp3) is 0.273. The number of aromatic nitrogens is 1. The molecule has 0 unspecified atom stereocenters. The second-order valence-corrected chi connectivity index (χ2v) is 4.07. The first-order valence-corrected chi connectivity index (χ1v) is 5.46. The van der Waals surface area contributed by atoms with Crippen molar-refractivity contribution in [2.75, 3.05) is 26.0 Å². The highest BCUT2D eigenvalue weighted by atomic mass is 16.6. The van der Waals surface area contributed by atoms with Crippen LogP contribution in [0.3, 0.4) is 0 Å². The van der Waals surface area contributed by atoms with Gasteiger partial charge in [0.15, 0.2) is 5.58 Å². The average Bonchev–Trinajstić information content (AvgIpc) is 2.77. The van der Waals surface area contributed by atoms with Gasteiger partial charge >= 0.3 is 0 Å². The van der Waals surface area contributed by atoms with E-state index in [1.165, 1.54) is 23.1 Å². The molecule has 0 aliphatic heterocycles. The Bertz CT molecular complexity index is 635. The van der Waals surface area contributed by atoms with E-state index in [1.807, 2.05) is 0 Å². The van der Waals surface area contributed by atoms with Crippen molar-refractivity contribution in [2.45, 2.75) is 0 Å². The van der Waals surface area contributed by atoms with Gasteiger partial charge < -0.3 is 14.6 Å². The fourth-order valence-corrected chi connectivity index (χ4v) is 1.41. The number of carbonyl (C=O) groups is 1. The number of nitro benzene ring substituents is 1. The molecule has 0 saturated carbocycles. The van der Waals surface area contributed by atoms with Gasteiger partial charge in [0, 0.05) is 26.2 Å². The molecule has 1 aromatic carbocycles. The SMILES string of the molecule is CN(C)C(=O)CNc1nc2cc([N+](=O)[O-])ccc2o1. The molecule has 0 aliphatic carbocycles. The zero-order valence-electron chi connectivity index (χ0n) is 10.4. The van der Waals surface area contributed by atoms with Crippen molar-refractivity contribution in [1.82, 2.24) is 9.88 Å². The maximum absolute atomic E-state index is 11.4. The van der Waals surface area contributed by atoms with Crippen LogP contribution in [0, 0.1) is 10.1 Å². The number of carbonyl (C=O) groups excluding carboxylic acids is 1. The summed E-state index contributed by atoms with van der Waals surface area (Å²) in [4.78, 5) is 27.0. The minimum atomic E-state index is -0.503. The number of anilines is 1. The third-order valence-corrected chi connectivity index (χ3v) is 2.47. The van der Waals surface area contributed by atoms with E-state index in [-0.39, 0.29) is 24.2 Å². The minimum Gasteiger partial charge on any atom is -0.424 e. The summed E-state index contributed by atoms with van der Waals surface area (Å²) in [5, 5.41) is 13.3. The Labute approximate surface area is 108 Å². The topological polar surface area (TPSA) is 102 Å². The molecule has 8 nitrogen and oxygen atoms in total. The molecule has 100 valence electrons. The molecular weight excluding hydrogens is 252 g/mol. The average molecular weight is 264 g/mol. The van der Waals surface area contributed by atoms with Gasteiger partial charge in [0.25, 0.3) is 11.7 Å². The van der Waals surface area contributed by atoms with Gasteiger partial charge in [-0.25, -0.2) is 0 Å². The number of nitrogens with one attached hydrogen (secondary N) is 1. The predicted octanol–water partition coefficient (Wildman–Crippen LogP) is 1.24. The largest absolute Gasteiger partial charge is 0.424 e. The van der Waals surface area contributed by atoms with Gasteiger partial charge in [-0.1, -0.05) is 0 Å². The zero-order chi connectivity index (χ0) is 14.0. The van der Waals surface area contributed by atoms with Gasteiger partial charge in [-0.2, -0.15) is 4.98 Å². The molecule has 0 aliphatic rings. The third kappa shape index (κ3) is 2.79. The molecule has 2 rings (SSSR count). The lowest BCUT2D eigenvalue weighted by molar-refractivity contribution is -0.384. The van der Waals surface area contributed by atoms with E-state index in [1.54, 1.807) is 14.1 Å². The molecule has 0 fully saturated rings. The summed E-state index contributed by atoms with van der Waals surface area (Å²) in [5.41, 5.74) is 0.733. The number of nitrogens with zero attached hydrogens (tertiary/aromatic N) is 3. The maximum atomic E-state index is 11.4. The molecule has 0 spiro atoms. The number of likely N-dealkylation sites (N-methyl/N-ethyl adjacent to an activating group) is 1. The number of benzene rings is 1. The van der Waals surface area contributed by atoms with E-state index in [2.05, 4.69) is 10.3 Å². The molecule has 0 atom stereocenters. The first-order valence-electron chi connectivity index (χ1n) is 5.46. The van der Waals surface area contributed by atoms with Crippen molar-refractivity contribution >= 4 is 28.7 Å². The van der Waals surface area contributed by atoms with E-state index in [9.17, 15) is 14.9 Å². The first kappa shape index (κ1) is 12.8. The highest BCUT2D eigenvalue weighted by Crippen LogP contribution is 2.23. The first-order chi connectivity index (χ1) is 8.97. The lowest BCUT2D eigenvalue weighted by Crippen LogP contribution is -2.28. The van der Waals surface area contributed by atoms with Crippen LogP contribution in [0.1, 0.15) is 0 Å². The summed E-state index contributed by atoms with van der Waals surface area (Å²) >= 11 is 0. The molecule has 1 N–H and O–H groups in total. The van der Waals surface area contributed by atoms with E-state index in [0.29, 0.717) is 11.1 Å². The lowest BCUT2D eigenvalue weighted by Gasteiger charge is -2.09. The van der Waals surface area contributed by atoms with Crippen LogP contribution in [0.2, 0.25) is 0 Å². The number of hydrogen-bond acceptors (Lipinski definition) is 6. The van der Waals surface area contributed by atoms with Crippen molar-refractivity contribution in [3.8, 4) is 0 Å². The Kier molecular flexibility index (Phi) is 3.32. The van der Waals surface area contributed by atoms with Gasteiger partial charge in [-0.3, -0.25) is 14.9 Å². The Morgan fingerprint density at radius 3 is 2.89 bits per heavy atom. The van der Waals surface area contributed by atoms with Gasteiger partial charge in [0.2, 0.25) is 5.91 Å². The summed E-state index contributed by atoms with van der Waals surface area (Å²) in [6.07, 6.45) is 0. The smallest absolute Gasteiger partial charge is 0.296 e. The predicted molar refractivity (Wildman–Crippen MR) is 67.8 cm³/mol. The lowest BCUT2D eigenvalue weighted by atomic mass is 10.3. The van der Waals surface area contributed by atoms with Crippen molar-refractivity contribution in [1.29, 1.82) is 0 Å². The van der Waals surface area contributed by atoms with E-state index in [0.717, 1.165) is 0 Å². The van der Waals surface area contributed by atoms with Gasteiger partial charge in [-0.15, -0.1) is 0 Å². The molecule has 1 heterocycles. The summed E-state index contributed by atoms with van der Waals surface area (Å²) < 4.78 is 5.32. The number of oxazole rings is 1. The highest BCUT2D eigenvalue weighted by Gasteiger charge is 2.12. The van der Waals surface area contributed by atoms with Crippen LogP contribution in [-0.2, 0) is 4.79 Å². The molecule has 1 aromatic heterocycles. The summed E-state index contributed by atoms with van der Waals surface area (Å²) in [7, 11) is 3.28. The van der Waals surface area contributed by atoms with Crippen LogP contribution >= 0.6 is 0 Å². The monoisotopic (exact) mass is 264 g/mol. The van der Waals surface area contributed by atoms with Crippen LogP contribution in [0.25, 0.3) is 11.1 Å². The summed E-state index contributed by atoms with van der Waals surface area (Å²) in [6.45, 7) is 0.0436. The highest BCUT2D eigenvalue weighted by molar-refractivity contribution is 5.81. The van der Waals surface area contributed by atoms with Gasteiger partial charge in [0.05, 0.1) is 11.5 Å². The van der Waals surface area contributed by atoms with E-state index < -0.39 is 4.92 Å². The molecular formula is C11H12N4O4. The van der Waals surface area contributed by atoms with Crippen molar-refractivity contribution < 1.29 is 14.1 Å². The number of non-ortho nitro benzene ring substituents is 1. The Morgan fingerprint density at radius 2 is 2.26 bits per heavy atom. The fourth-order valence-electron chi connectivity index (χ4n) is 1.41. The molecule has 0 bridgehead atoms. The molecule has 8 heteroatoms. The van der Waals surface area contributed by atoms with Crippen molar-refractivity contribution in [3.63, 3.8) is 0 Å². The van der Waals surface area contributed by atoms with Crippen LogP contribution < -0.4 is 5.32 Å². The van der Waals surface area contributed by atoms with Crippen LogP contribution in [-0.4, -0.2) is 41.4 Å². The Hall–Kier alpha value is -2.64. The van der Waals surface area contributed by atoms with Crippen LogP contribution in [0.5, 0.6) is 0 Å². The number of hydrogen-bond donors (Lipinski definition) is 1. The summed E-state index contributed by atoms with van der Waals surface area (Å²) in [5.74, 6) is -0.131. The van der Waals surface area contributed by atoms with Crippen molar-refractivity contribution in [3.05, 3.63) is 28.3 Å². The Morgan fingerprint density at radius 1 is 1.53 bits per heavy atom. The van der Waals surface area contributed by atoms with E-state index >= 15 is 0 Å². The second-order valence-electron chi connectivity index (χ2n) is 4.07. The molecule has 1 amide bonds. The number of rotatable bonds is 4. The van der Waals surface area contributed by atoms with Gasteiger partial charge in [-0.05, 0) is 6.07 Å². The standard InChI is InChI=1S/C11H12N4O4/c1-14(2)10(16)6-12-11-13-8-5-7(15(17)18)3-4-9(8)19-11/h3-5H,6H2,1-2H3,(H,12,13). The minimum absolute atomic E-state index is 0.0436. The Balaban J connectivity index is 2.17. The normalized spacial score (nSPS) is 10.4. The molecule has 2 aromatic rings. The van der Waals surface area contributed by atoms with Gasteiger partial charge in [0.1, 0.15) is 5.52 Å². The summed E-state index contributed by atoms with van der Waals surface area (Å²) in [6, 6.07) is 4.28. The maximum Gasteiger partial charge on any atom is 0.296 e. The molecule has 0 saturated heterocycles. The van der Waals surface area contributed by atoms with Crippen LogP contribution in [0.4, 0.5) is 11.7 Å². The number of nitro groups is 1. The number of fused-ring (bicyclic) bond motifs is 1. The molecule has 0 radical (unpaired) electrons. The zero-order valence-corrected chi connectivity index (χ0v) is 10.4. The van der Waals surface area contributed by atoms with E-state index in [4.69, 9.17) is 4.42 Å². The third-order valence-electron chi connectivity index (χ3n) is 2.47. The van der Waals surface area contributed by atoms with Crippen molar-refractivity contribution in [2.24, 2.45) is 0 Å². The second kappa shape index (κ2) is 4.92. The van der Waals surface area contributed by atoms with Crippen LogP contribution in [0.15, 0.2) is 22.6 Å². The quantitative estimate of drug-likeness (QED) is 0.658.